The van der Waals surface area contributed by atoms with Gasteiger partial charge in [-0.1, -0.05) is 35.9 Å². The van der Waals surface area contributed by atoms with E-state index in [1.54, 1.807) is 18.5 Å². The Balaban J connectivity index is 1.68. The number of rotatable bonds is 1. The van der Waals surface area contributed by atoms with E-state index in [1.807, 2.05) is 17.0 Å². The molecular formula is C17H15ClN4O. The van der Waals surface area contributed by atoms with Crippen molar-refractivity contribution in [1.82, 2.24) is 19.5 Å². The molecule has 0 saturated carbocycles. The minimum absolute atomic E-state index is 0.0359. The molecule has 4 rings (SSSR count). The highest BCUT2D eigenvalue weighted by atomic mass is 35.5. The largest absolute Gasteiger partial charge is 0.330 e. The van der Waals surface area contributed by atoms with Crippen LogP contribution in [0.15, 0.2) is 42.7 Å². The first-order valence-corrected chi connectivity index (χ1v) is 7.91. The molecule has 3 heterocycles. The van der Waals surface area contributed by atoms with Crippen molar-refractivity contribution < 1.29 is 4.79 Å². The molecule has 0 fully saturated rings. The molecule has 1 aliphatic heterocycles. The van der Waals surface area contributed by atoms with Gasteiger partial charge in [0.1, 0.15) is 0 Å². The van der Waals surface area contributed by atoms with Gasteiger partial charge in [-0.05, 0) is 24.5 Å². The Morgan fingerprint density at radius 3 is 3.04 bits per heavy atom. The lowest BCUT2D eigenvalue weighted by atomic mass is 9.93. The van der Waals surface area contributed by atoms with Gasteiger partial charge >= 0.3 is 0 Å². The maximum absolute atomic E-state index is 12.9. The van der Waals surface area contributed by atoms with Crippen molar-refractivity contribution >= 4 is 23.2 Å². The van der Waals surface area contributed by atoms with Crippen LogP contribution in [-0.2, 0) is 6.42 Å². The summed E-state index contributed by atoms with van der Waals surface area (Å²) in [4.78, 5) is 18.9. The van der Waals surface area contributed by atoms with Crippen LogP contribution in [0.3, 0.4) is 0 Å². The molecule has 116 valence electrons. The van der Waals surface area contributed by atoms with Crippen molar-refractivity contribution in [2.45, 2.75) is 19.4 Å². The fourth-order valence-corrected chi connectivity index (χ4v) is 3.30. The highest BCUT2D eigenvalue weighted by molar-refractivity contribution is 6.30. The number of amides is 1. The highest BCUT2D eigenvalue weighted by Gasteiger charge is 2.29. The molecule has 1 aliphatic rings. The Kier molecular flexibility index (Phi) is 3.31. The van der Waals surface area contributed by atoms with Crippen molar-refractivity contribution in [3.05, 3.63) is 64.6 Å². The summed E-state index contributed by atoms with van der Waals surface area (Å²) < 4.78 is 1.54. The smallest absolute Gasteiger partial charge is 0.274 e. The molecule has 2 aromatic heterocycles. The van der Waals surface area contributed by atoms with Crippen LogP contribution in [0.5, 0.6) is 0 Å². The first kappa shape index (κ1) is 14.2. The van der Waals surface area contributed by atoms with E-state index in [4.69, 9.17) is 11.6 Å². The van der Waals surface area contributed by atoms with Gasteiger partial charge in [-0.15, -0.1) is 0 Å². The number of nitrogens with zero attached hydrogens (tertiary/aromatic N) is 4. The monoisotopic (exact) mass is 326 g/mol. The van der Waals surface area contributed by atoms with Gasteiger partial charge in [-0.25, -0.2) is 9.50 Å². The van der Waals surface area contributed by atoms with Gasteiger partial charge in [0.25, 0.3) is 5.91 Å². The van der Waals surface area contributed by atoms with E-state index < -0.39 is 0 Å². The molecule has 23 heavy (non-hydrogen) atoms. The standard InChI is InChI=1S/C17H15ClN4O/c1-11-14-5-3-2-4-12(14)6-7-21(11)17(23)15-8-16-19-9-13(18)10-22(16)20-15/h2-5,8-11H,6-7H2,1H3. The van der Waals surface area contributed by atoms with Crippen LogP contribution >= 0.6 is 11.6 Å². The maximum atomic E-state index is 12.9. The van der Waals surface area contributed by atoms with E-state index in [0.29, 0.717) is 22.9 Å². The lowest BCUT2D eigenvalue weighted by Gasteiger charge is -2.34. The van der Waals surface area contributed by atoms with Gasteiger partial charge < -0.3 is 4.90 Å². The van der Waals surface area contributed by atoms with E-state index in [1.165, 1.54) is 15.6 Å². The van der Waals surface area contributed by atoms with Crippen LogP contribution in [0, 0.1) is 0 Å². The van der Waals surface area contributed by atoms with Gasteiger partial charge in [0.05, 0.1) is 17.3 Å². The second-order valence-corrected chi connectivity index (χ2v) is 6.16. The summed E-state index contributed by atoms with van der Waals surface area (Å²) in [5, 5.41) is 4.80. The van der Waals surface area contributed by atoms with Crippen LogP contribution < -0.4 is 0 Å². The quantitative estimate of drug-likeness (QED) is 0.690. The predicted octanol–water partition coefficient (Wildman–Crippen LogP) is 3.14. The maximum Gasteiger partial charge on any atom is 0.274 e. The molecule has 1 amide bonds. The molecule has 1 unspecified atom stereocenters. The topological polar surface area (TPSA) is 50.5 Å². The van der Waals surface area contributed by atoms with Crippen LogP contribution in [0.2, 0.25) is 5.02 Å². The van der Waals surface area contributed by atoms with E-state index in [0.717, 1.165) is 6.42 Å². The van der Waals surface area contributed by atoms with Crippen LogP contribution in [0.4, 0.5) is 0 Å². The van der Waals surface area contributed by atoms with Crippen molar-refractivity contribution in [3.63, 3.8) is 0 Å². The Hall–Kier alpha value is -2.40. The van der Waals surface area contributed by atoms with Crippen molar-refractivity contribution in [2.24, 2.45) is 0 Å². The molecule has 0 saturated heterocycles. The van der Waals surface area contributed by atoms with Crippen molar-refractivity contribution in [3.8, 4) is 0 Å². The minimum atomic E-state index is -0.0753. The molecule has 0 aliphatic carbocycles. The minimum Gasteiger partial charge on any atom is -0.330 e. The fraction of sp³-hybridized carbons (Fsp3) is 0.235. The second-order valence-electron chi connectivity index (χ2n) is 5.73. The molecule has 3 aromatic rings. The van der Waals surface area contributed by atoms with Crippen LogP contribution in [0.1, 0.15) is 34.6 Å². The van der Waals surface area contributed by atoms with Crippen LogP contribution in [-0.4, -0.2) is 31.9 Å². The molecule has 0 radical (unpaired) electrons. The van der Waals surface area contributed by atoms with E-state index >= 15 is 0 Å². The van der Waals surface area contributed by atoms with E-state index in [2.05, 4.69) is 29.1 Å². The number of hydrogen-bond donors (Lipinski definition) is 0. The summed E-state index contributed by atoms with van der Waals surface area (Å²) in [5.41, 5.74) is 3.53. The normalized spacial score (nSPS) is 17.3. The van der Waals surface area contributed by atoms with E-state index in [9.17, 15) is 4.79 Å². The summed E-state index contributed by atoms with van der Waals surface area (Å²) >= 11 is 5.92. The number of aromatic nitrogens is 3. The predicted molar refractivity (Wildman–Crippen MR) is 87.6 cm³/mol. The Labute approximate surface area is 138 Å². The summed E-state index contributed by atoms with van der Waals surface area (Å²) in [6.45, 7) is 2.75. The van der Waals surface area contributed by atoms with Gasteiger partial charge in [0.15, 0.2) is 11.3 Å². The number of benzene rings is 1. The van der Waals surface area contributed by atoms with Gasteiger partial charge in [-0.2, -0.15) is 5.10 Å². The SMILES string of the molecule is CC1c2ccccc2CCN1C(=O)c1cc2ncc(Cl)cn2n1. The lowest BCUT2D eigenvalue weighted by molar-refractivity contribution is 0.0671. The van der Waals surface area contributed by atoms with Gasteiger partial charge in [0, 0.05) is 18.8 Å². The summed E-state index contributed by atoms with van der Waals surface area (Å²) in [7, 11) is 0. The first-order chi connectivity index (χ1) is 11.1. The molecular weight excluding hydrogens is 312 g/mol. The van der Waals surface area contributed by atoms with Crippen molar-refractivity contribution in [2.75, 3.05) is 6.54 Å². The fourth-order valence-electron chi connectivity index (χ4n) is 3.15. The summed E-state index contributed by atoms with van der Waals surface area (Å²) in [6.07, 6.45) is 4.06. The second kappa shape index (κ2) is 5.35. The van der Waals surface area contributed by atoms with E-state index in [-0.39, 0.29) is 11.9 Å². The molecule has 0 bridgehead atoms. The Morgan fingerprint density at radius 2 is 2.17 bits per heavy atom. The van der Waals surface area contributed by atoms with Crippen molar-refractivity contribution in [1.29, 1.82) is 0 Å². The average Bonchev–Trinajstić information content (AvgIpc) is 2.98. The zero-order valence-electron chi connectivity index (χ0n) is 12.6. The number of halogens is 1. The first-order valence-electron chi connectivity index (χ1n) is 7.53. The number of hydrogen-bond acceptors (Lipinski definition) is 3. The number of carbonyl (C=O) groups is 1. The number of carbonyl (C=O) groups excluding carboxylic acids is 1. The Morgan fingerprint density at radius 1 is 1.35 bits per heavy atom. The molecule has 6 heteroatoms. The van der Waals surface area contributed by atoms with Crippen LogP contribution in [0.25, 0.3) is 5.65 Å². The third-order valence-corrected chi connectivity index (χ3v) is 4.55. The number of fused-ring (bicyclic) bond motifs is 2. The molecule has 5 nitrogen and oxygen atoms in total. The van der Waals surface area contributed by atoms with Gasteiger partial charge in [0.2, 0.25) is 0 Å². The zero-order valence-corrected chi connectivity index (χ0v) is 13.4. The lowest BCUT2D eigenvalue weighted by Crippen LogP contribution is -2.39. The molecule has 0 spiro atoms. The summed E-state index contributed by atoms with van der Waals surface area (Å²) in [5.74, 6) is -0.0753. The molecule has 1 aromatic carbocycles. The third-order valence-electron chi connectivity index (χ3n) is 4.36. The van der Waals surface area contributed by atoms with Gasteiger partial charge in [-0.3, -0.25) is 4.79 Å². The highest BCUT2D eigenvalue weighted by Crippen LogP contribution is 2.30. The third kappa shape index (κ3) is 2.37. The zero-order chi connectivity index (χ0) is 16.0. The Bertz CT molecular complexity index is 904. The average molecular weight is 327 g/mol. The summed E-state index contributed by atoms with van der Waals surface area (Å²) in [6, 6.07) is 10.0. The molecule has 1 atom stereocenters. The molecule has 0 N–H and O–H groups in total.